The number of primary amides is 1. The molecule has 2 unspecified atom stereocenters. The van der Waals surface area contributed by atoms with Gasteiger partial charge in [-0.3, -0.25) is 9.59 Å². The van der Waals surface area contributed by atoms with Crippen LogP contribution in [0.15, 0.2) is 0 Å². The molecule has 2 atom stereocenters. The molecule has 0 spiro atoms. The van der Waals surface area contributed by atoms with Crippen LogP contribution in [0.4, 0.5) is 4.79 Å². The summed E-state index contributed by atoms with van der Waals surface area (Å²) in [4.78, 5) is 35.1. The highest BCUT2D eigenvalue weighted by Gasteiger charge is 2.26. The number of urea groups is 1. The van der Waals surface area contributed by atoms with Gasteiger partial charge in [-0.2, -0.15) is 0 Å². The second-order valence-electron chi connectivity index (χ2n) is 4.95. The van der Waals surface area contributed by atoms with E-state index in [9.17, 15) is 14.4 Å². The van der Waals surface area contributed by atoms with Crippen molar-refractivity contribution in [3.8, 4) is 0 Å². The summed E-state index contributed by atoms with van der Waals surface area (Å²) < 4.78 is 0. The van der Waals surface area contributed by atoms with E-state index >= 15 is 0 Å². The van der Waals surface area contributed by atoms with Gasteiger partial charge in [0.2, 0.25) is 5.91 Å². The average Bonchev–Trinajstić information content (AvgIpc) is 2.38. The zero-order valence-electron chi connectivity index (χ0n) is 11.1. The fourth-order valence-corrected chi connectivity index (χ4v) is 2.02. The molecule has 1 heterocycles. The minimum Gasteiger partial charge on any atom is -0.481 e. The van der Waals surface area contributed by atoms with E-state index in [1.54, 1.807) is 11.8 Å². The van der Waals surface area contributed by atoms with Gasteiger partial charge in [0.25, 0.3) is 0 Å². The molecule has 0 aromatic rings. The Bertz CT molecular complexity index is 359. The topological polar surface area (TPSA) is 113 Å². The highest BCUT2D eigenvalue weighted by atomic mass is 16.4. The first-order chi connectivity index (χ1) is 8.91. The number of nitrogens with zero attached hydrogens (tertiary/aromatic N) is 1. The average molecular weight is 271 g/mol. The van der Waals surface area contributed by atoms with Crippen LogP contribution in [-0.4, -0.2) is 47.5 Å². The van der Waals surface area contributed by atoms with Crippen LogP contribution in [0.1, 0.15) is 26.2 Å². The molecular weight excluding hydrogens is 250 g/mol. The lowest BCUT2D eigenvalue weighted by Crippen LogP contribution is -2.48. The number of amides is 3. The Morgan fingerprint density at radius 1 is 1.47 bits per heavy atom. The Morgan fingerprint density at radius 2 is 2.16 bits per heavy atom. The molecule has 19 heavy (non-hydrogen) atoms. The molecule has 1 rings (SSSR count). The molecule has 7 nitrogen and oxygen atoms in total. The van der Waals surface area contributed by atoms with E-state index < -0.39 is 11.9 Å². The van der Waals surface area contributed by atoms with Crippen LogP contribution >= 0.6 is 0 Å². The molecular formula is C12H21N3O4. The van der Waals surface area contributed by atoms with E-state index in [0.29, 0.717) is 26.1 Å². The Labute approximate surface area is 112 Å². The first kappa shape index (κ1) is 15.3. The first-order valence-electron chi connectivity index (χ1n) is 6.46. The Hall–Kier alpha value is -1.79. The molecule has 0 radical (unpaired) electrons. The third kappa shape index (κ3) is 4.76. The van der Waals surface area contributed by atoms with Crippen LogP contribution < -0.4 is 11.1 Å². The van der Waals surface area contributed by atoms with Crippen molar-refractivity contribution >= 4 is 17.9 Å². The van der Waals surface area contributed by atoms with Gasteiger partial charge in [0, 0.05) is 19.6 Å². The minimum absolute atomic E-state index is 0.261. The molecule has 0 aromatic heterocycles. The summed E-state index contributed by atoms with van der Waals surface area (Å²) in [5, 5.41) is 11.4. The molecule has 0 aromatic carbocycles. The molecule has 4 N–H and O–H groups in total. The molecule has 7 heteroatoms. The molecule has 1 aliphatic heterocycles. The molecule has 0 bridgehead atoms. The van der Waals surface area contributed by atoms with Crippen molar-refractivity contribution in [1.82, 2.24) is 10.2 Å². The van der Waals surface area contributed by atoms with Gasteiger partial charge in [-0.05, 0) is 19.3 Å². The molecule has 1 aliphatic rings. The van der Waals surface area contributed by atoms with E-state index in [0.717, 1.165) is 12.8 Å². The summed E-state index contributed by atoms with van der Waals surface area (Å²) in [6, 6.07) is -0.261. The number of hydrogen-bond donors (Lipinski definition) is 3. The number of piperidine rings is 1. The van der Waals surface area contributed by atoms with Crippen molar-refractivity contribution in [2.45, 2.75) is 26.2 Å². The molecule has 3 amide bonds. The number of carbonyl (C=O) groups excluding carboxylic acids is 2. The van der Waals surface area contributed by atoms with E-state index in [1.807, 2.05) is 0 Å². The van der Waals surface area contributed by atoms with Crippen molar-refractivity contribution in [1.29, 1.82) is 0 Å². The summed E-state index contributed by atoms with van der Waals surface area (Å²) in [5.74, 6) is -2.02. The third-order valence-electron chi connectivity index (χ3n) is 3.39. The number of hydrogen-bond acceptors (Lipinski definition) is 3. The van der Waals surface area contributed by atoms with Crippen LogP contribution in [-0.2, 0) is 9.59 Å². The number of aliphatic carboxylic acids is 1. The fraction of sp³-hybridized carbons (Fsp3) is 0.750. The standard InChI is InChI=1S/C12H21N3O4/c1-8(11(17)18)4-5-14-12(19)15-6-2-3-9(7-15)10(13)16/h8-9H,2-7H2,1H3,(H2,13,16)(H,14,19)(H,17,18). The van der Waals surface area contributed by atoms with Crippen molar-refractivity contribution in [2.75, 3.05) is 19.6 Å². The first-order valence-corrected chi connectivity index (χ1v) is 6.46. The SMILES string of the molecule is CC(CCNC(=O)N1CCCC(C(N)=O)C1)C(=O)O. The summed E-state index contributed by atoms with van der Waals surface area (Å²) >= 11 is 0. The van der Waals surface area contributed by atoms with E-state index in [-0.39, 0.29) is 17.9 Å². The van der Waals surface area contributed by atoms with Gasteiger partial charge in [0.1, 0.15) is 0 Å². The predicted octanol–water partition coefficient (Wildman–Crippen LogP) is 0.00410. The van der Waals surface area contributed by atoms with Crippen LogP contribution in [0.25, 0.3) is 0 Å². The van der Waals surface area contributed by atoms with E-state index in [4.69, 9.17) is 10.8 Å². The lowest BCUT2D eigenvalue weighted by Gasteiger charge is -2.31. The number of carboxylic acid groups (broad SMARTS) is 1. The maximum Gasteiger partial charge on any atom is 0.317 e. The predicted molar refractivity (Wildman–Crippen MR) is 68.3 cm³/mol. The van der Waals surface area contributed by atoms with Crippen molar-refractivity contribution < 1.29 is 19.5 Å². The fourth-order valence-electron chi connectivity index (χ4n) is 2.02. The van der Waals surface area contributed by atoms with Crippen LogP contribution in [0.3, 0.4) is 0 Å². The van der Waals surface area contributed by atoms with Gasteiger partial charge in [0.15, 0.2) is 0 Å². The Balaban J connectivity index is 2.33. The zero-order valence-corrected chi connectivity index (χ0v) is 11.1. The lowest BCUT2D eigenvalue weighted by atomic mass is 9.98. The molecule has 1 saturated heterocycles. The van der Waals surface area contributed by atoms with Crippen LogP contribution in [0, 0.1) is 11.8 Å². The second kappa shape index (κ2) is 6.96. The maximum absolute atomic E-state index is 11.8. The number of likely N-dealkylation sites (tertiary alicyclic amines) is 1. The summed E-state index contributed by atoms with van der Waals surface area (Å²) in [6.45, 7) is 2.85. The highest BCUT2D eigenvalue weighted by molar-refractivity contribution is 5.79. The van der Waals surface area contributed by atoms with Crippen LogP contribution in [0.2, 0.25) is 0 Å². The lowest BCUT2D eigenvalue weighted by molar-refractivity contribution is -0.141. The number of rotatable bonds is 5. The third-order valence-corrected chi connectivity index (χ3v) is 3.39. The quantitative estimate of drug-likeness (QED) is 0.653. The summed E-state index contributed by atoms with van der Waals surface area (Å²) in [5.41, 5.74) is 5.24. The smallest absolute Gasteiger partial charge is 0.317 e. The van der Waals surface area contributed by atoms with Gasteiger partial charge in [-0.15, -0.1) is 0 Å². The number of carboxylic acids is 1. The van der Waals surface area contributed by atoms with Gasteiger partial charge >= 0.3 is 12.0 Å². The number of carbonyl (C=O) groups is 3. The second-order valence-corrected chi connectivity index (χ2v) is 4.95. The maximum atomic E-state index is 11.8. The van der Waals surface area contributed by atoms with E-state index in [2.05, 4.69) is 5.32 Å². The minimum atomic E-state index is -0.874. The van der Waals surface area contributed by atoms with Gasteiger partial charge in [0.05, 0.1) is 11.8 Å². The number of nitrogens with one attached hydrogen (secondary N) is 1. The largest absolute Gasteiger partial charge is 0.481 e. The molecule has 0 saturated carbocycles. The monoisotopic (exact) mass is 271 g/mol. The summed E-state index contributed by atoms with van der Waals surface area (Å²) in [6.07, 6.45) is 1.86. The Morgan fingerprint density at radius 3 is 2.74 bits per heavy atom. The summed E-state index contributed by atoms with van der Waals surface area (Å²) in [7, 11) is 0. The molecule has 0 aliphatic carbocycles. The van der Waals surface area contributed by atoms with Crippen LogP contribution in [0.5, 0.6) is 0 Å². The normalized spacial score (nSPS) is 20.7. The zero-order chi connectivity index (χ0) is 14.4. The van der Waals surface area contributed by atoms with Crippen molar-refractivity contribution in [2.24, 2.45) is 17.6 Å². The van der Waals surface area contributed by atoms with E-state index in [1.165, 1.54) is 0 Å². The molecule has 1 fully saturated rings. The van der Waals surface area contributed by atoms with Gasteiger partial charge in [-0.1, -0.05) is 6.92 Å². The number of nitrogens with two attached hydrogens (primary N) is 1. The Kier molecular flexibility index (Phi) is 5.59. The van der Waals surface area contributed by atoms with Crippen molar-refractivity contribution in [3.05, 3.63) is 0 Å². The van der Waals surface area contributed by atoms with Crippen molar-refractivity contribution in [3.63, 3.8) is 0 Å². The molecule has 108 valence electrons. The highest BCUT2D eigenvalue weighted by Crippen LogP contribution is 2.15. The van der Waals surface area contributed by atoms with Gasteiger partial charge in [-0.25, -0.2) is 4.79 Å². The van der Waals surface area contributed by atoms with Gasteiger partial charge < -0.3 is 21.1 Å².